The van der Waals surface area contributed by atoms with Gasteiger partial charge in [-0.3, -0.25) is 0 Å². The molecular weight excluding hydrogens is 206 g/mol. The minimum atomic E-state index is 0. The molecule has 88 valence electrons. The van der Waals surface area contributed by atoms with Crippen molar-refractivity contribution in [3.8, 4) is 0 Å². The molecule has 0 bridgehead atoms. The first-order valence-electron chi connectivity index (χ1n) is 5.36. The molecule has 1 nitrogen and oxygen atoms in total. The first kappa shape index (κ1) is 16.9. The highest BCUT2D eigenvalue weighted by Crippen LogP contribution is 2.36. The average molecular weight is 230 g/mol. The molecular formula is C13H24ClN. The van der Waals surface area contributed by atoms with Crippen LogP contribution in [0, 0.1) is 5.41 Å². The molecule has 0 aliphatic heterocycles. The third kappa shape index (κ3) is 6.53. The molecule has 0 aromatic carbocycles. The van der Waals surface area contributed by atoms with Crippen LogP contribution < -0.4 is 18.1 Å². The lowest BCUT2D eigenvalue weighted by atomic mass is 9.74. The van der Waals surface area contributed by atoms with E-state index in [9.17, 15) is 0 Å². The fourth-order valence-electron chi connectivity index (χ4n) is 1.97. The summed E-state index contributed by atoms with van der Waals surface area (Å²) in [6.07, 6.45) is 11.5. The minimum Gasteiger partial charge on any atom is -1.00 e. The zero-order valence-electron chi connectivity index (χ0n) is 9.68. The molecule has 0 aliphatic carbocycles. The van der Waals surface area contributed by atoms with Crippen molar-refractivity contribution in [1.82, 2.24) is 0 Å². The largest absolute Gasteiger partial charge is 1.00 e. The summed E-state index contributed by atoms with van der Waals surface area (Å²) in [5.41, 5.74) is 4.20. The highest BCUT2D eigenvalue weighted by molar-refractivity contribution is 4.95. The van der Waals surface area contributed by atoms with Gasteiger partial charge in [0, 0.05) is 0 Å². The normalized spacial score (nSPS) is 10.2. The topological polar surface area (TPSA) is 27.6 Å². The van der Waals surface area contributed by atoms with Gasteiger partial charge >= 0.3 is 0 Å². The summed E-state index contributed by atoms with van der Waals surface area (Å²) in [7, 11) is 0. The van der Waals surface area contributed by atoms with Crippen LogP contribution >= 0.6 is 0 Å². The van der Waals surface area contributed by atoms with Gasteiger partial charge in [0.25, 0.3) is 0 Å². The molecule has 0 saturated heterocycles. The van der Waals surface area contributed by atoms with E-state index in [4.69, 9.17) is 0 Å². The predicted molar refractivity (Wildman–Crippen MR) is 63.9 cm³/mol. The fraction of sp³-hybridized carbons (Fsp3) is 0.538. The fourth-order valence-corrected chi connectivity index (χ4v) is 1.97. The van der Waals surface area contributed by atoms with Gasteiger partial charge in [-0.05, 0) is 37.5 Å². The van der Waals surface area contributed by atoms with E-state index in [1.165, 1.54) is 12.8 Å². The van der Waals surface area contributed by atoms with Crippen molar-refractivity contribution in [2.24, 2.45) is 5.41 Å². The zero-order valence-corrected chi connectivity index (χ0v) is 10.4. The van der Waals surface area contributed by atoms with Gasteiger partial charge < -0.3 is 18.1 Å². The van der Waals surface area contributed by atoms with Crippen LogP contribution in [-0.4, -0.2) is 6.54 Å². The summed E-state index contributed by atoms with van der Waals surface area (Å²) in [4.78, 5) is 0. The lowest BCUT2D eigenvalue weighted by Crippen LogP contribution is -3.00. The van der Waals surface area contributed by atoms with Crippen molar-refractivity contribution in [2.45, 2.75) is 32.1 Å². The highest BCUT2D eigenvalue weighted by atomic mass is 35.5. The molecule has 0 heterocycles. The van der Waals surface area contributed by atoms with E-state index in [0.717, 1.165) is 25.8 Å². The van der Waals surface area contributed by atoms with Crippen LogP contribution in [0.4, 0.5) is 0 Å². The number of halogens is 1. The second-order valence-electron chi connectivity index (χ2n) is 3.94. The molecule has 15 heavy (non-hydrogen) atoms. The molecule has 0 unspecified atom stereocenters. The van der Waals surface area contributed by atoms with Crippen molar-refractivity contribution in [1.29, 1.82) is 0 Å². The van der Waals surface area contributed by atoms with Crippen LogP contribution in [0.1, 0.15) is 32.1 Å². The summed E-state index contributed by atoms with van der Waals surface area (Å²) in [6.45, 7) is 12.5. The van der Waals surface area contributed by atoms with Crippen molar-refractivity contribution in [3.63, 3.8) is 0 Å². The van der Waals surface area contributed by atoms with Crippen LogP contribution in [-0.2, 0) is 0 Å². The first-order chi connectivity index (χ1) is 6.74. The summed E-state index contributed by atoms with van der Waals surface area (Å²) >= 11 is 0. The van der Waals surface area contributed by atoms with Gasteiger partial charge in [0.15, 0.2) is 0 Å². The van der Waals surface area contributed by atoms with Gasteiger partial charge in [-0.25, -0.2) is 0 Å². The lowest BCUT2D eigenvalue weighted by Gasteiger charge is -2.30. The molecule has 0 aromatic rings. The van der Waals surface area contributed by atoms with E-state index < -0.39 is 0 Å². The number of rotatable bonds is 9. The quantitative estimate of drug-likeness (QED) is 0.528. The van der Waals surface area contributed by atoms with Crippen molar-refractivity contribution < 1.29 is 18.1 Å². The molecule has 0 rings (SSSR count). The van der Waals surface area contributed by atoms with Crippen LogP contribution in [0.15, 0.2) is 38.0 Å². The standard InChI is InChI=1S/C13H23N.ClH/c1-4-8-13(9-5-2,10-6-3)11-7-12-14;/h4-6H,1-3,7-12,14H2;1H. The lowest BCUT2D eigenvalue weighted by molar-refractivity contribution is -0.369. The number of quaternary nitrogens is 1. The summed E-state index contributed by atoms with van der Waals surface area (Å²) in [6, 6.07) is 0. The summed E-state index contributed by atoms with van der Waals surface area (Å²) in [5, 5.41) is 0. The number of allylic oxidation sites excluding steroid dienone is 3. The Morgan fingerprint density at radius 1 is 0.933 bits per heavy atom. The van der Waals surface area contributed by atoms with Gasteiger partial charge in [-0.2, -0.15) is 0 Å². The van der Waals surface area contributed by atoms with E-state index in [0.29, 0.717) is 5.41 Å². The Morgan fingerprint density at radius 2 is 1.33 bits per heavy atom. The molecule has 0 saturated carbocycles. The molecule has 0 aliphatic rings. The SMILES string of the molecule is C=CCC(CC=C)(CC=C)CCC[NH3+].[Cl-]. The maximum Gasteiger partial charge on any atom is 0.0740 e. The molecule has 0 aromatic heterocycles. The second-order valence-corrected chi connectivity index (χ2v) is 3.94. The van der Waals surface area contributed by atoms with E-state index >= 15 is 0 Å². The summed E-state index contributed by atoms with van der Waals surface area (Å²) < 4.78 is 0. The van der Waals surface area contributed by atoms with Gasteiger partial charge in [0.05, 0.1) is 6.54 Å². The number of hydrogen-bond donors (Lipinski definition) is 1. The summed E-state index contributed by atoms with van der Waals surface area (Å²) in [5.74, 6) is 0. The molecule has 0 atom stereocenters. The Labute approximate surface area is 101 Å². The van der Waals surface area contributed by atoms with Crippen molar-refractivity contribution in [3.05, 3.63) is 38.0 Å². The predicted octanol–water partition coefficient (Wildman–Crippen LogP) is -0.273. The van der Waals surface area contributed by atoms with Crippen molar-refractivity contribution >= 4 is 0 Å². The Bertz CT molecular complexity index is 160. The van der Waals surface area contributed by atoms with Crippen LogP contribution in [0.3, 0.4) is 0 Å². The molecule has 2 heteroatoms. The molecule has 3 N–H and O–H groups in total. The molecule has 0 fully saturated rings. The smallest absolute Gasteiger partial charge is 0.0740 e. The van der Waals surface area contributed by atoms with Gasteiger partial charge in [-0.15, -0.1) is 19.7 Å². The second kappa shape index (κ2) is 10.0. The molecule has 0 radical (unpaired) electrons. The van der Waals surface area contributed by atoms with Crippen LogP contribution in [0.2, 0.25) is 0 Å². The van der Waals surface area contributed by atoms with Crippen molar-refractivity contribution in [2.75, 3.05) is 6.54 Å². The van der Waals surface area contributed by atoms with Gasteiger partial charge in [0.2, 0.25) is 0 Å². The highest BCUT2D eigenvalue weighted by Gasteiger charge is 2.25. The maximum atomic E-state index is 3.89. The van der Waals surface area contributed by atoms with Gasteiger partial charge in [-0.1, -0.05) is 18.2 Å². The van der Waals surface area contributed by atoms with E-state index in [1.807, 2.05) is 18.2 Å². The van der Waals surface area contributed by atoms with Crippen LogP contribution in [0.5, 0.6) is 0 Å². The zero-order chi connectivity index (χ0) is 10.9. The Hall–Kier alpha value is -0.530. The molecule has 0 amide bonds. The Kier molecular flexibility index (Phi) is 11.3. The maximum absolute atomic E-state index is 3.89. The third-order valence-corrected chi connectivity index (χ3v) is 2.69. The van der Waals surface area contributed by atoms with E-state index in [-0.39, 0.29) is 12.4 Å². The van der Waals surface area contributed by atoms with E-state index in [1.54, 1.807) is 0 Å². The first-order valence-corrected chi connectivity index (χ1v) is 5.36. The van der Waals surface area contributed by atoms with E-state index in [2.05, 4.69) is 25.5 Å². The minimum absolute atomic E-state index is 0. The average Bonchev–Trinajstić information content (AvgIpc) is 2.16. The Morgan fingerprint density at radius 3 is 1.60 bits per heavy atom. The molecule has 0 spiro atoms. The number of hydrogen-bond acceptors (Lipinski definition) is 0. The monoisotopic (exact) mass is 229 g/mol. The van der Waals surface area contributed by atoms with Crippen LogP contribution in [0.25, 0.3) is 0 Å². The van der Waals surface area contributed by atoms with Gasteiger partial charge in [0.1, 0.15) is 0 Å². The third-order valence-electron chi connectivity index (χ3n) is 2.69. The Balaban J connectivity index is 0.